The molecule has 0 bridgehead atoms. The summed E-state index contributed by atoms with van der Waals surface area (Å²) in [5.74, 6) is 7.03. The third-order valence-electron chi connectivity index (χ3n) is 9.67. The fraction of sp³-hybridized carbons (Fsp3) is 0.174. The molecule has 4 aliphatic heterocycles. The average molecular weight is 773 g/mol. The van der Waals surface area contributed by atoms with Crippen LogP contribution >= 0.6 is 0 Å². The van der Waals surface area contributed by atoms with Gasteiger partial charge in [0.2, 0.25) is 23.6 Å². The lowest BCUT2D eigenvalue weighted by Crippen LogP contribution is -2.01. The molecular formula is C46H36N4O8. The minimum absolute atomic E-state index is 0.522. The van der Waals surface area contributed by atoms with Crippen LogP contribution in [0, 0.1) is 0 Å². The van der Waals surface area contributed by atoms with Crippen LogP contribution in [0.15, 0.2) is 141 Å². The van der Waals surface area contributed by atoms with Crippen molar-refractivity contribution in [2.24, 2.45) is 20.0 Å². The maximum atomic E-state index is 6.67. The molecule has 0 radical (unpaired) electrons. The number of benzene rings is 6. The number of nitrogens with zero attached hydrogens (tertiary/aromatic N) is 4. The Balaban J connectivity index is 1.07. The van der Waals surface area contributed by atoms with Crippen molar-refractivity contribution in [2.75, 3.05) is 52.6 Å². The highest BCUT2D eigenvalue weighted by Crippen LogP contribution is 2.48. The molecule has 58 heavy (non-hydrogen) atoms. The molecule has 6 aromatic carbocycles. The maximum Gasteiger partial charge on any atom is 0.216 e. The lowest BCUT2D eigenvalue weighted by molar-refractivity contribution is 0.348. The summed E-state index contributed by atoms with van der Waals surface area (Å²) in [6.07, 6.45) is 0. The smallest absolute Gasteiger partial charge is 0.216 e. The number of aliphatic imine (C=N–C) groups is 4. The summed E-state index contributed by atoms with van der Waals surface area (Å²) in [6, 6.07) is 38.1. The fourth-order valence-corrected chi connectivity index (χ4v) is 6.92. The Morgan fingerprint density at radius 3 is 0.707 bits per heavy atom. The summed E-state index contributed by atoms with van der Waals surface area (Å²) >= 11 is 0. The molecule has 0 saturated carbocycles. The van der Waals surface area contributed by atoms with Crippen molar-refractivity contribution in [3.8, 4) is 46.0 Å². The zero-order valence-electron chi connectivity index (χ0n) is 31.3. The summed E-state index contributed by atoms with van der Waals surface area (Å²) in [5.41, 5.74) is 3.52. The van der Waals surface area contributed by atoms with E-state index in [2.05, 4.69) is 20.0 Å². The maximum absolute atomic E-state index is 6.67. The van der Waals surface area contributed by atoms with Crippen LogP contribution in [0.2, 0.25) is 0 Å². The van der Waals surface area contributed by atoms with Crippen LogP contribution in [-0.4, -0.2) is 76.2 Å². The van der Waals surface area contributed by atoms with Crippen LogP contribution in [0.3, 0.4) is 0 Å². The molecule has 10 rings (SSSR count). The normalized spacial score (nSPS) is 15.7. The average Bonchev–Trinajstić information content (AvgIpc) is 4.13. The van der Waals surface area contributed by atoms with Crippen molar-refractivity contribution in [3.63, 3.8) is 0 Å². The van der Waals surface area contributed by atoms with Crippen LogP contribution in [0.5, 0.6) is 46.0 Å². The van der Waals surface area contributed by atoms with E-state index >= 15 is 0 Å². The molecule has 288 valence electrons. The Bertz CT molecular complexity index is 2240. The van der Waals surface area contributed by atoms with Crippen LogP contribution in [0.25, 0.3) is 10.8 Å². The highest BCUT2D eigenvalue weighted by atomic mass is 16.5. The van der Waals surface area contributed by atoms with Crippen molar-refractivity contribution in [3.05, 3.63) is 144 Å². The third-order valence-corrected chi connectivity index (χ3v) is 9.67. The SMILES string of the molecule is c1cc(C2=NCCO2)ccc1Oc1ccc(Oc2ccc(C3=NCCO3)cc2)c2c(Oc3ccc(C4=NCCO4)cc3)ccc(Oc3ccc(C4=NCCO4)cc3)c12. The summed E-state index contributed by atoms with van der Waals surface area (Å²) < 4.78 is 49.4. The Morgan fingerprint density at radius 1 is 0.293 bits per heavy atom. The quantitative estimate of drug-likeness (QED) is 0.121. The molecule has 0 aliphatic carbocycles. The monoisotopic (exact) mass is 772 g/mol. The molecule has 4 aliphatic rings. The van der Waals surface area contributed by atoms with Gasteiger partial charge in [-0.2, -0.15) is 0 Å². The van der Waals surface area contributed by atoms with Crippen LogP contribution in [0.4, 0.5) is 0 Å². The zero-order valence-corrected chi connectivity index (χ0v) is 31.3. The van der Waals surface area contributed by atoms with Gasteiger partial charge in [0, 0.05) is 22.3 Å². The largest absolute Gasteiger partial charge is 0.476 e. The Kier molecular flexibility index (Phi) is 9.48. The number of hydrogen-bond acceptors (Lipinski definition) is 12. The van der Waals surface area contributed by atoms with Crippen LogP contribution in [0.1, 0.15) is 22.3 Å². The molecule has 12 heteroatoms. The van der Waals surface area contributed by atoms with Gasteiger partial charge in [-0.3, -0.25) is 0 Å². The van der Waals surface area contributed by atoms with Gasteiger partial charge in [-0.25, -0.2) is 20.0 Å². The van der Waals surface area contributed by atoms with E-state index < -0.39 is 0 Å². The first-order valence-electron chi connectivity index (χ1n) is 19.1. The zero-order chi connectivity index (χ0) is 38.7. The first kappa shape index (κ1) is 35.1. The lowest BCUT2D eigenvalue weighted by Gasteiger charge is -2.19. The van der Waals surface area contributed by atoms with Gasteiger partial charge in [0.15, 0.2) is 0 Å². The number of rotatable bonds is 12. The first-order chi connectivity index (χ1) is 28.7. The third kappa shape index (κ3) is 7.35. The van der Waals surface area contributed by atoms with Gasteiger partial charge in [-0.15, -0.1) is 0 Å². The molecule has 0 spiro atoms. The highest BCUT2D eigenvalue weighted by Gasteiger charge is 2.22. The number of fused-ring (bicyclic) bond motifs is 1. The summed E-state index contributed by atoms with van der Waals surface area (Å²) in [7, 11) is 0. The molecule has 0 amide bonds. The number of hydrogen-bond donors (Lipinski definition) is 0. The van der Waals surface area contributed by atoms with E-state index in [1.807, 2.05) is 121 Å². The molecule has 0 aromatic heterocycles. The van der Waals surface area contributed by atoms with E-state index in [1.54, 1.807) is 0 Å². The summed E-state index contributed by atoms with van der Waals surface area (Å²) in [6.45, 7) is 4.90. The van der Waals surface area contributed by atoms with Gasteiger partial charge in [0.25, 0.3) is 0 Å². The van der Waals surface area contributed by atoms with Gasteiger partial charge in [0.1, 0.15) is 72.4 Å². The van der Waals surface area contributed by atoms with Crippen LogP contribution in [-0.2, 0) is 18.9 Å². The predicted octanol–water partition coefficient (Wildman–Crippen LogP) is 9.12. The topological polar surface area (TPSA) is 123 Å². The highest BCUT2D eigenvalue weighted by molar-refractivity contribution is 6.03. The second kappa shape index (κ2) is 15.7. The van der Waals surface area contributed by atoms with Crippen molar-refractivity contribution in [1.82, 2.24) is 0 Å². The van der Waals surface area contributed by atoms with Gasteiger partial charge in [-0.05, 0) is 121 Å². The molecule has 6 aromatic rings. The van der Waals surface area contributed by atoms with Crippen molar-refractivity contribution >= 4 is 34.4 Å². The fourth-order valence-electron chi connectivity index (χ4n) is 6.92. The first-order valence-corrected chi connectivity index (χ1v) is 19.1. The minimum atomic E-state index is 0.522. The van der Waals surface area contributed by atoms with E-state index in [9.17, 15) is 0 Å². The molecule has 0 fully saturated rings. The van der Waals surface area contributed by atoms with E-state index in [0.29, 0.717) is 133 Å². The van der Waals surface area contributed by atoms with Gasteiger partial charge < -0.3 is 37.9 Å². The molecule has 0 N–H and O–H groups in total. The Morgan fingerprint density at radius 2 is 0.517 bits per heavy atom. The van der Waals surface area contributed by atoms with E-state index in [-0.39, 0.29) is 0 Å². The molecular weight excluding hydrogens is 737 g/mol. The van der Waals surface area contributed by atoms with E-state index in [1.165, 1.54) is 0 Å². The van der Waals surface area contributed by atoms with Crippen molar-refractivity contribution in [2.45, 2.75) is 0 Å². The van der Waals surface area contributed by atoms with Gasteiger partial charge >= 0.3 is 0 Å². The molecule has 4 heterocycles. The lowest BCUT2D eigenvalue weighted by atomic mass is 10.1. The number of ether oxygens (including phenoxy) is 8. The molecule has 0 unspecified atom stereocenters. The standard InChI is InChI=1S/C46H36N4O8/c1-9-33(10-2-29(1)43-47-21-25-51-43)55-37-17-18-39(57-35-13-5-31(6-14-35)45-49-23-27-53-45)42-40(58-36-15-7-32(8-16-36)46-50-24-28-54-46)20-19-38(41(37)42)56-34-11-3-30(4-12-34)44-48-22-26-52-44/h1-20H,21-28H2. The van der Waals surface area contributed by atoms with E-state index in [4.69, 9.17) is 37.9 Å². The minimum Gasteiger partial charge on any atom is -0.476 e. The van der Waals surface area contributed by atoms with Crippen molar-refractivity contribution < 1.29 is 37.9 Å². The van der Waals surface area contributed by atoms with Gasteiger partial charge in [0.05, 0.1) is 37.0 Å². The molecule has 12 nitrogen and oxygen atoms in total. The summed E-state index contributed by atoms with van der Waals surface area (Å²) in [5, 5.41) is 1.26. The van der Waals surface area contributed by atoms with Crippen LogP contribution < -0.4 is 18.9 Å². The second-order valence-electron chi connectivity index (χ2n) is 13.5. The predicted molar refractivity (Wildman–Crippen MR) is 219 cm³/mol. The Hall–Kier alpha value is -7.34. The summed E-state index contributed by atoms with van der Waals surface area (Å²) in [4.78, 5) is 17.8. The molecule has 0 saturated heterocycles. The van der Waals surface area contributed by atoms with Gasteiger partial charge in [-0.1, -0.05) is 0 Å². The van der Waals surface area contributed by atoms with Crippen molar-refractivity contribution in [1.29, 1.82) is 0 Å². The molecule has 0 atom stereocenters. The van der Waals surface area contributed by atoms with E-state index in [0.717, 1.165) is 22.3 Å². The second-order valence-corrected chi connectivity index (χ2v) is 13.5. The Labute approximate surface area is 333 Å².